The number of hydrogen-bond donors (Lipinski definition) is 0. The highest BCUT2D eigenvalue weighted by Crippen LogP contribution is 2.32. The molecule has 0 N–H and O–H groups in total. The van der Waals surface area contributed by atoms with E-state index in [0.29, 0.717) is 0 Å². The lowest BCUT2D eigenvalue weighted by Crippen LogP contribution is -2.24. The summed E-state index contributed by atoms with van der Waals surface area (Å²) in [7, 11) is 0. The van der Waals surface area contributed by atoms with Gasteiger partial charge in [-0.3, -0.25) is 0 Å². The van der Waals surface area contributed by atoms with Gasteiger partial charge in [-0.25, -0.2) is 4.98 Å². The first kappa shape index (κ1) is 12.3. The average molecular weight is 208 g/mol. The Morgan fingerprint density at radius 2 is 1.60 bits per heavy atom. The molecule has 0 aromatic carbocycles. The largest absolute Gasteiger partial charge is 0.334 e. The van der Waals surface area contributed by atoms with Crippen LogP contribution in [-0.4, -0.2) is 9.55 Å². The van der Waals surface area contributed by atoms with E-state index in [1.807, 2.05) is 6.33 Å². The van der Waals surface area contributed by atoms with Gasteiger partial charge in [0.25, 0.3) is 0 Å². The molecule has 0 amide bonds. The van der Waals surface area contributed by atoms with Crippen LogP contribution in [0.1, 0.15) is 59.9 Å². The smallest absolute Gasteiger partial charge is 0.0951 e. The minimum atomic E-state index is 0.128. The van der Waals surface area contributed by atoms with Gasteiger partial charge in [-0.15, -0.1) is 0 Å². The molecule has 0 fully saturated rings. The summed E-state index contributed by atoms with van der Waals surface area (Å²) in [5.41, 5.74) is 2.90. The van der Waals surface area contributed by atoms with E-state index in [-0.39, 0.29) is 10.8 Å². The highest BCUT2D eigenvalue weighted by Gasteiger charge is 2.29. The summed E-state index contributed by atoms with van der Waals surface area (Å²) in [6.45, 7) is 16.6. The second kappa shape index (κ2) is 3.66. The Bertz CT molecular complexity index is 334. The Morgan fingerprint density at radius 3 is 1.93 bits per heavy atom. The highest BCUT2D eigenvalue weighted by molar-refractivity contribution is 5.27. The molecule has 0 aliphatic rings. The maximum Gasteiger partial charge on any atom is 0.0951 e. The summed E-state index contributed by atoms with van der Waals surface area (Å²) in [5, 5.41) is 0. The fourth-order valence-corrected chi connectivity index (χ4v) is 1.96. The van der Waals surface area contributed by atoms with E-state index in [9.17, 15) is 0 Å². The average Bonchev–Trinajstić information content (AvgIpc) is 2.44. The van der Waals surface area contributed by atoms with E-state index < -0.39 is 0 Å². The molecule has 1 aromatic rings. The monoisotopic (exact) mass is 208 g/mol. The van der Waals surface area contributed by atoms with E-state index in [0.717, 1.165) is 6.54 Å². The predicted molar refractivity (Wildman–Crippen MR) is 65.3 cm³/mol. The molecule has 1 heterocycles. The molecule has 1 aromatic heterocycles. The summed E-state index contributed by atoms with van der Waals surface area (Å²) in [4.78, 5) is 4.59. The number of nitrogens with zero attached hydrogens (tertiary/aromatic N) is 2. The van der Waals surface area contributed by atoms with Gasteiger partial charge in [0.2, 0.25) is 0 Å². The maximum absolute atomic E-state index is 4.59. The molecule has 0 spiro atoms. The van der Waals surface area contributed by atoms with Crippen molar-refractivity contribution < 1.29 is 0 Å². The van der Waals surface area contributed by atoms with Crippen LogP contribution < -0.4 is 0 Å². The van der Waals surface area contributed by atoms with Crippen molar-refractivity contribution in [3.05, 3.63) is 17.7 Å². The molecule has 0 radical (unpaired) electrons. The van der Waals surface area contributed by atoms with Gasteiger partial charge in [0.1, 0.15) is 0 Å². The first-order valence-corrected chi connectivity index (χ1v) is 5.74. The zero-order valence-electron chi connectivity index (χ0n) is 11.2. The minimum Gasteiger partial charge on any atom is -0.334 e. The van der Waals surface area contributed by atoms with Gasteiger partial charge < -0.3 is 4.57 Å². The van der Waals surface area contributed by atoms with E-state index in [4.69, 9.17) is 0 Å². The molecule has 0 saturated carbocycles. The zero-order chi connectivity index (χ0) is 11.9. The summed E-state index contributed by atoms with van der Waals surface area (Å²) in [6.07, 6.45) is 1.97. The summed E-state index contributed by atoms with van der Waals surface area (Å²) < 4.78 is 2.26. The summed E-state index contributed by atoms with van der Waals surface area (Å²) in [5.74, 6) is 0. The first-order valence-electron chi connectivity index (χ1n) is 5.74. The lowest BCUT2D eigenvalue weighted by Gasteiger charge is -2.27. The maximum atomic E-state index is 4.59. The number of aryl methyl sites for hydroxylation is 1. The van der Waals surface area contributed by atoms with Crippen molar-refractivity contribution in [1.82, 2.24) is 9.55 Å². The predicted octanol–water partition coefficient (Wildman–Crippen LogP) is 3.50. The SMILES string of the molecule is CCn1cnc(C(C)(C)C)c1C(C)(C)C. The molecule has 86 valence electrons. The van der Waals surface area contributed by atoms with E-state index in [1.54, 1.807) is 0 Å². The molecule has 2 nitrogen and oxygen atoms in total. The molecule has 0 bridgehead atoms. The molecule has 0 aliphatic heterocycles. The van der Waals surface area contributed by atoms with Crippen LogP contribution in [0.15, 0.2) is 6.33 Å². The molecule has 0 aliphatic carbocycles. The zero-order valence-corrected chi connectivity index (χ0v) is 11.2. The Hall–Kier alpha value is -0.790. The Kier molecular flexibility index (Phi) is 2.99. The molecule has 1 rings (SSSR count). The van der Waals surface area contributed by atoms with Crippen molar-refractivity contribution >= 4 is 0 Å². The normalized spacial score (nSPS) is 13.3. The van der Waals surface area contributed by atoms with Crippen LogP contribution >= 0.6 is 0 Å². The number of aromatic nitrogens is 2. The van der Waals surface area contributed by atoms with E-state index in [2.05, 4.69) is 58.0 Å². The minimum absolute atomic E-state index is 0.128. The van der Waals surface area contributed by atoms with Crippen molar-refractivity contribution in [3.8, 4) is 0 Å². The fourth-order valence-electron chi connectivity index (χ4n) is 1.96. The van der Waals surface area contributed by atoms with Crippen LogP contribution in [0.2, 0.25) is 0 Å². The van der Waals surface area contributed by atoms with Crippen LogP contribution in [0.25, 0.3) is 0 Å². The van der Waals surface area contributed by atoms with Crippen LogP contribution in [0.3, 0.4) is 0 Å². The molecule has 0 unspecified atom stereocenters. The third-order valence-electron chi connectivity index (χ3n) is 2.60. The van der Waals surface area contributed by atoms with Crippen LogP contribution in [0.5, 0.6) is 0 Å². The van der Waals surface area contributed by atoms with Gasteiger partial charge in [0.05, 0.1) is 12.0 Å². The quantitative estimate of drug-likeness (QED) is 0.690. The van der Waals surface area contributed by atoms with Gasteiger partial charge in [0.15, 0.2) is 0 Å². The van der Waals surface area contributed by atoms with Crippen molar-refractivity contribution in [2.45, 2.75) is 65.8 Å². The topological polar surface area (TPSA) is 17.8 Å². The molecular weight excluding hydrogens is 184 g/mol. The lowest BCUT2D eigenvalue weighted by atomic mass is 9.82. The molecule has 15 heavy (non-hydrogen) atoms. The fraction of sp³-hybridized carbons (Fsp3) is 0.769. The second-order valence-electron chi connectivity index (χ2n) is 6.23. The molecule has 0 saturated heterocycles. The Balaban J connectivity index is 3.37. The second-order valence-corrected chi connectivity index (χ2v) is 6.23. The van der Waals surface area contributed by atoms with E-state index >= 15 is 0 Å². The van der Waals surface area contributed by atoms with Gasteiger partial charge in [-0.2, -0.15) is 0 Å². The Morgan fingerprint density at radius 1 is 1.07 bits per heavy atom. The van der Waals surface area contributed by atoms with Crippen LogP contribution in [0.4, 0.5) is 0 Å². The standard InChI is InChI=1S/C13H24N2/c1-8-15-9-14-10(12(2,3)4)11(15)13(5,6)7/h9H,8H2,1-7H3. The summed E-state index contributed by atoms with van der Waals surface area (Å²) >= 11 is 0. The third-order valence-corrected chi connectivity index (χ3v) is 2.60. The summed E-state index contributed by atoms with van der Waals surface area (Å²) in [6, 6.07) is 0. The third kappa shape index (κ3) is 2.42. The van der Waals surface area contributed by atoms with Gasteiger partial charge >= 0.3 is 0 Å². The van der Waals surface area contributed by atoms with Gasteiger partial charge in [-0.1, -0.05) is 41.5 Å². The molecule has 2 heteroatoms. The Labute approximate surface area is 93.7 Å². The van der Waals surface area contributed by atoms with Crippen molar-refractivity contribution in [3.63, 3.8) is 0 Å². The van der Waals surface area contributed by atoms with E-state index in [1.165, 1.54) is 11.4 Å². The van der Waals surface area contributed by atoms with Crippen LogP contribution in [-0.2, 0) is 17.4 Å². The lowest BCUT2D eigenvalue weighted by molar-refractivity contribution is 0.486. The molecule has 0 atom stereocenters. The number of rotatable bonds is 1. The van der Waals surface area contributed by atoms with Gasteiger partial charge in [0, 0.05) is 23.1 Å². The number of imidazole rings is 1. The van der Waals surface area contributed by atoms with Crippen molar-refractivity contribution in [2.24, 2.45) is 0 Å². The van der Waals surface area contributed by atoms with Gasteiger partial charge in [-0.05, 0) is 6.92 Å². The number of hydrogen-bond acceptors (Lipinski definition) is 1. The van der Waals surface area contributed by atoms with Crippen molar-refractivity contribution in [2.75, 3.05) is 0 Å². The van der Waals surface area contributed by atoms with Crippen LogP contribution in [0, 0.1) is 0 Å². The highest BCUT2D eigenvalue weighted by atomic mass is 15.1. The molecular formula is C13H24N2. The first-order chi connectivity index (χ1) is 6.68. The van der Waals surface area contributed by atoms with Crippen molar-refractivity contribution in [1.29, 1.82) is 0 Å².